The molecular weight excluding hydrogens is 154 g/mol. The van der Waals surface area contributed by atoms with Gasteiger partial charge in [-0.2, -0.15) is 5.11 Å². The summed E-state index contributed by atoms with van der Waals surface area (Å²) in [5.74, 6) is 0.755. The minimum atomic E-state index is 0.755. The number of anilines is 1. The lowest BCUT2D eigenvalue weighted by molar-refractivity contribution is 0.416. The third-order valence-electron chi connectivity index (χ3n) is 1.38. The smallest absolute Gasteiger partial charge is 0.143 e. The molecule has 0 heterocycles. The van der Waals surface area contributed by atoms with Gasteiger partial charge in [0.2, 0.25) is 0 Å². The highest BCUT2D eigenvalue weighted by Gasteiger charge is 1.97. The van der Waals surface area contributed by atoms with Crippen molar-refractivity contribution in [3.8, 4) is 5.75 Å². The van der Waals surface area contributed by atoms with Gasteiger partial charge in [-0.15, -0.1) is 0 Å². The predicted octanol–water partition coefficient (Wildman–Crippen LogP) is 2.10. The van der Waals surface area contributed by atoms with E-state index in [0.717, 1.165) is 11.4 Å². The van der Waals surface area contributed by atoms with Gasteiger partial charge >= 0.3 is 0 Å². The highest BCUT2D eigenvalue weighted by molar-refractivity contribution is 5.55. The molecule has 0 saturated carbocycles. The molecule has 0 spiro atoms. The van der Waals surface area contributed by atoms with Gasteiger partial charge < -0.3 is 4.74 Å². The Hall–Kier alpha value is -1.58. The molecule has 4 nitrogen and oxygen atoms in total. The Morgan fingerprint density at radius 3 is 2.75 bits per heavy atom. The highest BCUT2D eigenvalue weighted by atomic mass is 16.5. The van der Waals surface area contributed by atoms with Crippen LogP contribution in [0.4, 0.5) is 5.69 Å². The number of hydrogen-bond acceptors (Lipinski definition) is 3. The van der Waals surface area contributed by atoms with E-state index in [9.17, 15) is 0 Å². The number of rotatable bonds is 3. The molecule has 0 fully saturated rings. The van der Waals surface area contributed by atoms with Crippen molar-refractivity contribution in [2.24, 2.45) is 10.3 Å². The van der Waals surface area contributed by atoms with E-state index < -0.39 is 0 Å². The maximum Gasteiger partial charge on any atom is 0.143 e. The summed E-state index contributed by atoms with van der Waals surface area (Å²) in [4.78, 5) is 0. The molecule has 1 rings (SSSR count). The van der Waals surface area contributed by atoms with E-state index in [1.807, 2.05) is 24.3 Å². The van der Waals surface area contributed by atoms with Gasteiger partial charge in [0.15, 0.2) is 0 Å². The fourth-order valence-electron chi connectivity index (χ4n) is 0.841. The molecule has 0 radical (unpaired) electrons. The monoisotopic (exact) mass is 165 g/mol. The van der Waals surface area contributed by atoms with Gasteiger partial charge in [-0.05, 0) is 12.1 Å². The molecule has 0 atom stereocenters. The number of nitrogens with one attached hydrogen (secondary N) is 1. The largest absolute Gasteiger partial charge is 0.495 e. The van der Waals surface area contributed by atoms with E-state index in [1.54, 1.807) is 14.2 Å². The molecule has 0 saturated heterocycles. The van der Waals surface area contributed by atoms with Gasteiger partial charge in [0, 0.05) is 0 Å². The van der Waals surface area contributed by atoms with E-state index in [4.69, 9.17) is 4.74 Å². The highest BCUT2D eigenvalue weighted by Crippen LogP contribution is 2.22. The van der Waals surface area contributed by atoms with Crippen molar-refractivity contribution in [2.75, 3.05) is 19.6 Å². The molecule has 0 amide bonds. The molecule has 1 N–H and O–H groups in total. The number of hydrogen-bond donors (Lipinski definition) is 1. The quantitative estimate of drug-likeness (QED) is 0.550. The van der Waals surface area contributed by atoms with Crippen molar-refractivity contribution in [1.82, 2.24) is 0 Å². The van der Waals surface area contributed by atoms with Crippen molar-refractivity contribution in [2.45, 2.75) is 0 Å². The van der Waals surface area contributed by atoms with Crippen LogP contribution in [0.25, 0.3) is 0 Å². The minimum Gasteiger partial charge on any atom is -0.495 e. The van der Waals surface area contributed by atoms with E-state index in [1.165, 1.54) is 0 Å². The van der Waals surface area contributed by atoms with Crippen LogP contribution in [0.15, 0.2) is 34.6 Å². The van der Waals surface area contributed by atoms with Crippen molar-refractivity contribution in [3.63, 3.8) is 0 Å². The average Bonchev–Trinajstić information content (AvgIpc) is 2.15. The fraction of sp³-hybridized carbons (Fsp3) is 0.250. The number of ether oxygens (including phenoxy) is 1. The zero-order chi connectivity index (χ0) is 8.81. The van der Waals surface area contributed by atoms with Crippen molar-refractivity contribution in [3.05, 3.63) is 24.3 Å². The van der Waals surface area contributed by atoms with Crippen LogP contribution in [0.3, 0.4) is 0 Å². The first-order valence-electron chi connectivity index (χ1n) is 3.56. The summed E-state index contributed by atoms with van der Waals surface area (Å²) >= 11 is 0. The molecule has 4 heteroatoms. The molecule has 0 aliphatic carbocycles. The topological polar surface area (TPSA) is 46.0 Å². The van der Waals surface area contributed by atoms with E-state index in [0.29, 0.717) is 0 Å². The number of para-hydroxylation sites is 2. The second-order valence-corrected chi connectivity index (χ2v) is 2.11. The lowest BCUT2D eigenvalue weighted by Gasteiger charge is -2.04. The van der Waals surface area contributed by atoms with E-state index in [2.05, 4.69) is 15.8 Å². The van der Waals surface area contributed by atoms with Crippen LogP contribution in [-0.2, 0) is 0 Å². The summed E-state index contributed by atoms with van der Waals surface area (Å²) in [7, 11) is 3.21. The normalized spacial score (nSPS) is 10.2. The summed E-state index contributed by atoms with van der Waals surface area (Å²) in [6.07, 6.45) is 0. The van der Waals surface area contributed by atoms with Crippen LogP contribution in [0, 0.1) is 0 Å². The second-order valence-electron chi connectivity index (χ2n) is 2.11. The molecule has 0 aliphatic heterocycles. The Morgan fingerprint density at radius 2 is 2.08 bits per heavy atom. The van der Waals surface area contributed by atoms with Gasteiger partial charge in [0.25, 0.3) is 0 Å². The minimum absolute atomic E-state index is 0.755. The van der Waals surface area contributed by atoms with Crippen LogP contribution in [0.2, 0.25) is 0 Å². The summed E-state index contributed by atoms with van der Waals surface area (Å²) in [5.41, 5.74) is 3.56. The first-order valence-corrected chi connectivity index (χ1v) is 3.56. The Kier molecular flexibility index (Phi) is 3.07. The average molecular weight is 165 g/mol. The van der Waals surface area contributed by atoms with Gasteiger partial charge in [-0.25, -0.2) is 0 Å². The van der Waals surface area contributed by atoms with Crippen molar-refractivity contribution < 1.29 is 4.74 Å². The maximum absolute atomic E-state index is 5.08. The van der Waals surface area contributed by atoms with Crippen LogP contribution < -0.4 is 10.2 Å². The number of methoxy groups -OCH3 is 1. The first-order chi connectivity index (χ1) is 5.88. The van der Waals surface area contributed by atoms with E-state index in [-0.39, 0.29) is 0 Å². The SMILES string of the molecule is CN=NNc1ccccc1OC. The van der Waals surface area contributed by atoms with Gasteiger partial charge in [-0.3, -0.25) is 5.43 Å². The number of benzene rings is 1. The molecule has 0 unspecified atom stereocenters. The van der Waals surface area contributed by atoms with Crippen LogP contribution in [0.1, 0.15) is 0 Å². The van der Waals surface area contributed by atoms with Crippen LogP contribution >= 0.6 is 0 Å². The maximum atomic E-state index is 5.08. The summed E-state index contributed by atoms with van der Waals surface area (Å²) in [5, 5.41) is 7.21. The van der Waals surface area contributed by atoms with Crippen LogP contribution in [-0.4, -0.2) is 14.2 Å². The zero-order valence-corrected chi connectivity index (χ0v) is 7.11. The summed E-state index contributed by atoms with van der Waals surface area (Å²) < 4.78 is 5.08. The lowest BCUT2D eigenvalue weighted by atomic mass is 10.3. The lowest BCUT2D eigenvalue weighted by Crippen LogP contribution is -1.91. The number of nitrogens with zero attached hydrogens (tertiary/aromatic N) is 2. The summed E-state index contributed by atoms with van der Waals surface area (Å²) in [6.45, 7) is 0. The molecule has 0 bridgehead atoms. The van der Waals surface area contributed by atoms with Gasteiger partial charge in [0.05, 0.1) is 19.8 Å². The molecule has 1 aromatic carbocycles. The Labute approximate surface area is 71.2 Å². The molecule has 0 aliphatic rings. The third-order valence-corrected chi connectivity index (χ3v) is 1.38. The van der Waals surface area contributed by atoms with Gasteiger partial charge in [0.1, 0.15) is 5.75 Å². The van der Waals surface area contributed by atoms with E-state index >= 15 is 0 Å². The summed E-state index contributed by atoms with van der Waals surface area (Å²) in [6, 6.07) is 7.52. The second kappa shape index (κ2) is 4.33. The first kappa shape index (κ1) is 8.52. The molecular formula is C8H11N3O. The third kappa shape index (κ3) is 1.95. The Morgan fingerprint density at radius 1 is 1.33 bits per heavy atom. The fourth-order valence-corrected chi connectivity index (χ4v) is 0.841. The zero-order valence-electron chi connectivity index (χ0n) is 7.11. The molecule has 64 valence electrons. The van der Waals surface area contributed by atoms with Gasteiger partial charge in [-0.1, -0.05) is 17.4 Å². The Balaban J connectivity index is 2.81. The van der Waals surface area contributed by atoms with Crippen LogP contribution in [0.5, 0.6) is 5.75 Å². The van der Waals surface area contributed by atoms with Crippen molar-refractivity contribution in [1.29, 1.82) is 0 Å². The molecule has 1 aromatic rings. The molecule has 0 aromatic heterocycles. The van der Waals surface area contributed by atoms with Crippen molar-refractivity contribution >= 4 is 5.69 Å². The Bertz CT molecular complexity index is 273. The molecule has 12 heavy (non-hydrogen) atoms. The predicted molar refractivity (Wildman–Crippen MR) is 47.4 cm³/mol. The standard InChI is InChI=1S/C8H11N3O/c1-9-11-10-7-5-3-4-6-8(7)12-2/h3-6H,1-2H3,(H,9,10).